The van der Waals surface area contributed by atoms with Crippen LogP contribution in [0.5, 0.6) is 0 Å². The van der Waals surface area contributed by atoms with Gasteiger partial charge in [0.15, 0.2) is 0 Å². The Bertz CT molecular complexity index is 545. The molecule has 0 fully saturated rings. The van der Waals surface area contributed by atoms with Crippen LogP contribution >= 0.6 is 11.6 Å². The van der Waals surface area contributed by atoms with Crippen molar-refractivity contribution in [3.8, 4) is 0 Å². The van der Waals surface area contributed by atoms with Crippen LogP contribution in [-0.4, -0.2) is 10.1 Å². The predicted octanol–water partition coefficient (Wildman–Crippen LogP) is 3.29. The van der Waals surface area contributed by atoms with Gasteiger partial charge in [-0.2, -0.15) is 0 Å². The molecule has 0 saturated carbocycles. The second kappa shape index (κ2) is 5.42. The number of rotatable bonds is 3. The Hall–Kier alpha value is -1.52. The summed E-state index contributed by atoms with van der Waals surface area (Å²) in [6.07, 6.45) is 0.186. The molecule has 0 radical (unpaired) electrons. The number of hydrogen-bond donors (Lipinski definition) is 1. The third-order valence-electron chi connectivity index (χ3n) is 2.54. The van der Waals surface area contributed by atoms with Crippen LogP contribution in [0.4, 0.5) is 8.78 Å². The van der Waals surface area contributed by atoms with Crippen molar-refractivity contribution in [3.63, 3.8) is 0 Å². The van der Waals surface area contributed by atoms with Crippen molar-refractivity contribution in [1.29, 1.82) is 0 Å². The van der Waals surface area contributed by atoms with Crippen LogP contribution < -0.4 is 0 Å². The van der Waals surface area contributed by atoms with Crippen molar-refractivity contribution < 1.29 is 13.9 Å². The number of aliphatic hydroxyl groups is 1. The van der Waals surface area contributed by atoms with Crippen molar-refractivity contribution in [2.24, 2.45) is 0 Å². The molecule has 1 atom stereocenters. The zero-order valence-electron chi connectivity index (χ0n) is 9.28. The van der Waals surface area contributed by atoms with Gasteiger partial charge in [-0.3, -0.25) is 4.98 Å². The molecule has 0 bridgehead atoms. The molecule has 0 spiro atoms. The van der Waals surface area contributed by atoms with Gasteiger partial charge in [0, 0.05) is 6.42 Å². The molecular weight excluding hydrogens is 260 g/mol. The molecule has 2 nitrogen and oxygen atoms in total. The maximum Gasteiger partial charge on any atom is 0.142 e. The van der Waals surface area contributed by atoms with Crippen molar-refractivity contribution >= 4 is 11.6 Å². The van der Waals surface area contributed by atoms with E-state index in [1.54, 1.807) is 6.07 Å². The molecule has 5 heteroatoms. The first-order chi connectivity index (χ1) is 8.58. The molecule has 0 aliphatic heterocycles. The van der Waals surface area contributed by atoms with Crippen LogP contribution in [0.1, 0.15) is 17.4 Å². The predicted molar refractivity (Wildman–Crippen MR) is 64.3 cm³/mol. The highest BCUT2D eigenvalue weighted by molar-refractivity contribution is 6.31. The number of hydrogen-bond acceptors (Lipinski definition) is 2. The highest BCUT2D eigenvalue weighted by atomic mass is 35.5. The van der Waals surface area contributed by atoms with E-state index < -0.39 is 17.7 Å². The fraction of sp³-hybridized carbons (Fsp3) is 0.154. The van der Waals surface area contributed by atoms with Gasteiger partial charge in [-0.15, -0.1) is 0 Å². The molecule has 18 heavy (non-hydrogen) atoms. The van der Waals surface area contributed by atoms with Gasteiger partial charge < -0.3 is 5.11 Å². The van der Waals surface area contributed by atoms with Crippen LogP contribution in [0.2, 0.25) is 5.02 Å². The van der Waals surface area contributed by atoms with Crippen LogP contribution in [0.3, 0.4) is 0 Å². The normalized spacial score (nSPS) is 12.4. The molecular formula is C13H10ClF2NO. The van der Waals surface area contributed by atoms with E-state index in [9.17, 15) is 13.9 Å². The summed E-state index contributed by atoms with van der Waals surface area (Å²) in [5.41, 5.74) is 0.798. The molecule has 2 aromatic rings. The van der Waals surface area contributed by atoms with Crippen molar-refractivity contribution in [1.82, 2.24) is 4.98 Å². The van der Waals surface area contributed by atoms with Gasteiger partial charge in [0.05, 0.1) is 16.9 Å². The summed E-state index contributed by atoms with van der Waals surface area (Å²) in [5, 5.41) is 9.90. The van der Waals surface area contributed by atoms with Gasteiger partial charge in [0.25, 0.3) is 0 Å². The topological polar surface area (TPSA) is 33.1 Å². The van der Waals surface area contributed by atoms with Crippen LogP contribution in [0.15, 0.2) is 36.5 Å². The largest absolute Gasteiger partial charge is 0.386 e. The van der Waals surface area contributed by atoms with Gasteiger partial charge in [-0.05, 0) is 23.8 Å². The van der Waals surface area contributed by atoms with Gasteiger partial charge in [-0.25, -0.2) is 8.78 Å². The van der Waals surface area contributed by atoms with E-state index in [0.717, 1.165) is 6.20 Å². The minimum Gasteiger partial charge on any atom is -0.386 e. The zero-order chi connectivity index (χ0) is 13.1. The van der Waals surface area contributed by atoms with Crippen molar-refractivity contribution in [3.05, 3.63) is 64.4 Å². The molecule has 0 saturated heterocycles. The first-order valence-corrected chi connectivity index (χ1v) is 5.68. The quantitative estimate of drug-likeness (QED) is 0.927. The van der Waals surface area contributed by atoms with E-state index >= 15 is 0 Å². The third-order valence-corrected chi connectivity index (χ3v) is 2.96. The van der Waals surface area contributed by atoms with Crippen molar-refractivity contribution in [2.45, 2.75) is 12.5 Å². The highest BCUT2D eigenvalue weighted by Crippen LogP contribution is 2.24. The SMILES string of the molecule is OC(Cc1cccc(F)c1Cl)c1ccc(F)cn1. The number of benzene rings is 1. The molecule has 1 N–H and O–H groups in total. The monoisotopic (exact) mass is 269 g/mol. The lowest BCUT2D eigenvalue weighted by Gasteiger charge is -2.11. The lowest BCUT2D eigenvalue weighted by Crippen LogP contribution is -2.05. The molecule has 0 amide bonds. The smallest absolute Gasteiger partial charge is 0.142 e. The summed E-state index contributed by atoms with van der Waals surface area (Å²) < 4.78 is 25.9. The average molecular weight is 270 g/mol. The highest BCUT2D eigenvalue weighted by Gasteiger charge is 2.14. The minimum absolute atomic E-state index is 0.0151. The van der Waals surface area contributed by atoms with E-state index in [-0.39, 0.29) is 11.4 Å². The molecule has 94 valence electrons. The maximum absolute atomic E-state index is 13.2. The summed E-state index contributed by atoms with van der Waals surface area (Å²) in [4.78, 5) is 3.76. The molecule has 1 unspecified atom stereocenters. The van der Waals surface area contributed by atoms with Crippen LogP contribution in [0, 0.1) is 11.6 Å². The Morgan fingerprint density at radius 1 is 1.22 bits per heavy atom. The van der Waals surface area contributed by atoms with Gasteiger partial charge in [0.2, 0.25) is 0 Å². The van der Waals surface area contributed by atoms with E-state index in [2.05, 4.69) is 4.98 Å². The molecule has 2 rings (SSSR count). The van der Waals surface area contributed by atoms with Crippen molar-refractivity contribution in [2.75, 3.05) is 0 Å². The fourth-order valence-electron chi connectivity index (χ4n) is 1.60. The lowest BCUT2D eigenvalue weighted by atomic mass is 10.1. The number of halogens is 3. The Morgan fingerprint density at radius 2 is 2.00 bits per heavy atom. The molecule has 1 aromatic heterocycles. The summed E-state index contributed by atoms with van der Waals surface area (Å²) >= 11 is 5.78. The van der Waals surface area contributed by atoms with Crippen LogP contribution in [0.25, 0.3) is 0 Å². The molecule has 1 heterocycles. The Labute approximate surface area is 108 Å². The maximum atomic E-state index is 13.2. The summed E-state index contributed by atoms with van der Waals surface area (Å²) in [6, 6.07) is 6.97. The number of pyridine rings is 1. The van der Waals surface area contributed by atoms with Gasteiger partial charge in [0.1, 0.15) is 17.7 Å². The van der Waals surface area contributed by atoms with Crippen LogP contribution in [-0.2, 0) is 6.42 Å². The standard InChI is InChI=1S/C13H10ClF2NO/c14-13-8(2-1-3-10(13)16)6-12(18)11-5-4-9(15)7-17-11/h1-5,7,12,18H,6H2. The third kappa shape index (κ3) is 2.83. The first-order valence-electron chi connectivity index (χ1n) is 5.30. The number of aromatic nitrogens is 1. The number of nitrogens with zero attached hydrogens (tertiary/aromatic N) is 1. The summed E-state index contributed by atoms with van der Waals surface area (Å²) in [5.74, 6) is -1.01. The molecule has 0 aliphatic carbocycles. The Balaban J connectivity index is 2.18. The first kappa shape index (κ1) is 12.9. The summed E-state index contributed by atoms with van der Waals surface area (Å²) in [6.45, 7) is 0. The summed E-state index contributed by atoms with van der Waals surface area (Å²) in [7, 11) is 0. The van der Waals surface area contributed by atoms with Gasteiger partial charge in [-0.1, -0.05) is 23.7 Å². The molecule has 0 aliphatic rings. The van der Waals surface area contributed by atoms with E-state index in [4.69, 9.17) is 11.6 Å². The van der Waals surface area contributed by atoms with E-state index in [1.807, 2.05) is 0 Å². The van der Waals surface area contributed by atoms with E-state index in [0.29, 0.717) is 11.3 Å². The van der Waals surface area contributed by atoms with Gasteiger partial charge >= 0.3 is 0 Å². The Morgan fingerprint density at radius 3 is 2.67 bits per heavy atom. The lowest BCUT2D eigenvalue weighted by molar-refractivity contribution is 0.173. The Kier molecular flexibility index (Phi) is 3.89. The fourth-order valence-corrected chi connectivity index (χ4v) is 1.81. The second-order valence-corrected chi connectivity index (χ2v) is 4.21. The van der Waals surface area contributed by atoms with E-state index in [1.165, 1.54) is 24.3 Å². The minimum atomic E-state index is -0.954. The molecule has 1 aromatic carbocycles. The number of aliphatic hydroxyl groups excluding tert-OH is 1. The average Bonchev–Trinajstić information content (AvgIpc) is 2.36. The second-order valence-electron chi connectivity index (χ2n) is 3.83. The zero-order valence-corrected chi connectivity index (χ0v) is 10.0.